The zero-order chi connectivity index (χ0) is 22.7. The second-order valence-electron chi connectivity index (χ2n) is 12.0. The smallest absolute Gasteiger partial charge is 0.158 e. The summed E-state index contributed by atoms with van der Waals surface area (Å²) >= 11 is 0. The van der Waals surface area contributed by atoms with Crippen LogP contribution >= 0.6 is 0 Å². The summed E-state index contributed by atoms with van der Waals surface area (Å²) in [6.45, 7) is 7.39. The number of carbonyl (C=O) groups excluding carboxylic acids is 1. The fraction of sp³-hybridized carbons (Fsp3) is 0.920. The first-order chi connectivity index (χ1) is 15.2. The first kappa shape index (κ1) is 22.5. The third-order valence-corrected chi connectivity index (χ3v) is 10.5. The molecule has 4 fully saturated rings. The number of aromatic nitrogens is 4. The van der Waals surface area contributed by atoms with Crippen molar-refractivity contribution < 1.29 is 14.6 Å². The van der Waals surface area contributed by atoms with E-state index in [9.17, 15) is 9.90 Å². The lowest BCUT2D eigenvalue weighted by molar-refractivity contribution is -0.175. The Balaban J connectivity index is 1.38. The summed E-state index contributed by atoms with van der Waals surface area (Å²) in [5.41, 5.74) is -0.245. The van der Waals surface area contributed by atoms with Gasteiger partial charge in [0.05, 0.1) is 12.2 Å². The summed E-state index contributed by atoms with van der Waals surface area (Å²) in [5.74, 6) is 3.62. The Morgan fingerprint density at radius 2 is 1.94 bits per heavy atom. The summed E-state index contributed by atoms with van der Waals surface area (Å²) in [4.78, 5) is 13.4. The minimum Gasteiger partial charge on any atom is -0.390 e. The van der Waals surface area contributed by atoms with Crippen LogP contribution in [-0.4, -0.2) is 50.4 Å². The SMILES string of the molecule is COC[C@]12CC[C@@](C)(O)C[C@@H]1CC[C@H]1[C@@H]3CC[C@H](C(=O)Cn4nnnc4C)[C@@]3(C)CC[C@@H]12. The molecular weight excluding hydrogens is 404 g/mol. The highest BCUT2D eigenvalue weighted by Crippen LogP contribution is 2.68. The quantitative estimate of drug-likeness (QED) is 0.746. The van der Waals surface area contributed by atoms with Gasteiger partial charge in [-0.3, -0.25) is 4.79 Å². The molecule has 0 bridgehead atoms. The van der Waals surface area contributed by atoms with Crippen molar-refractivity contribution in [1.82, 2.24) is 20.2 Å². The van der Waals surface area contributed by atoms with Gasteiger partial charge in [0.15, 0.2) is 5.78 Å². The Kier molecular flexibility index (Phi) is 5.52. The van der Waals surface area contributed by atoms with Gasteiger partial charge < -0.3 is 9.84 Å². The molecule has 0 amide bonds. The van der Waals surface area contributed by atoms with Crippen molar-refractivity contribution in [2.75, 3.05) is 13.7 Å². The molecule has 4 aliphatic rings. The number of aryl methyl sites for hydroxylation is 1. The van der Waals surface area contributed by atoms with Crippen molar-refractivity contribution in [3.05, 3.63) is 5.82 Å². The van der Waals surface area contributed by atoms with Crippen LogP contribution < -0.4 is 0 Å². The molecular formula is C25H40N4O3. The van der Waals surface area contributed by atoms with Crippen LogP contribution in [0, 0.1) is 47.3 Å². The molecule has 0 radical (unpaired) electrons. The standard InChI is InChI=1S/C25H40N4O3/c1-16-26-27-28-29(16)14-22(30)21-8-7-19-18-6-5-17-13-23(2,31)11-12-25(17,15-32-4)20(18)9-10-24(19,21)3/h17-21,31H,5-15H2,1-4H3/t17-,18-,19-,20-,21+,23+,24-,25+/m0/s1. The first-order valence-electron chi connectivity index (χ1n) is 12.7. The van der Waals surface area contributed by atoms with Gasteiger partial charge in [-0.2, -0.15) is 0 Å². The van der Waals surface area contributed by atoms with E-state index in [1.165, 1.54) is 19.3 Å². The average Bonchev–Trinajstić information content (AvgIpc) is 3.30. The predicted molar refractivity (Wildman–Crippen MR) is 120 cm³/mol. The fourth-order valence-corrected chi connectivity index (χ4v) is 8.97. The molecule has 0 aromatic carbocycles. The van der Waals surface area contributed by atoms with Gasteiger partial charge in [-0.15, -0.1) is 5.10 Å². The number of ether oxygens (including phenoxy) is 1. The molecule has 8 atom stereocenters. The third kappa shape index (κ3) is 3.37. The number of hydrogen-bond acceptors (Lipinski definition) is 6. The lowest BCUT2D eigenvalue weighted by Gasteiger charge is -2.62. The highest BCUT2D eigenvalue weighted by Gasteiger charge is 2.63. The van der Waals surface area contributed by atoms with E-state index in [1.54, 1.807) is 4.68 Å². The highest BCUT2D eigenvalue weighted by molar-refractivity contribution is 5.82. The largest absolute Gasteiger partial charge is 0.390 e. The summed E-state index contributed by atoms with van der Waals surface area (Å²) in [7, 11) is 1.85. The van der Waals surface area contributed by atoms with Gasteiger partial charge in [0.2, 0.25) is 0 Å². The van der Waals surface area contributed by atoms with Crippen molar-refractivity contribution in [2.45, 2.75) is 90.7 Å². The molecule has 4 saturated carbocycles. The van der Waals surface area contributed by atoms with Gasteiger partial charge in [-0.25, -0.2) is 4.68 Å². The Morgan fingerprint density at radius 3 is 2.66 bits per heavy atom. The second-order valence-corrected chi connectivity index (χ2v) is 12.0. The Bertz CT molecular complexity index is 869. The monoisotopic (exact) mass is 444 g/mol. The van der Waals surface area contributed by atoms with E-state index in [0.717, 1.165) is 45.1 Å². The summed E-state index contributed by atoms with van der Waals surface area (Å²) in [6, 6.07) is 0. The van der Waals surface area contributed by atoms with Crippen LogP contribution in [0.4, 0.5) is 0 Å². The van der Waals surface area contributed by atoms with E-state index in [2.05, 4.69) is 22.4 Å². The van der Waals surface area contributed by atoms with Crippen LogP contribution in [0.3, 0.4) is 0 Å². The second kappa shape index (κ2) is 7.86. The van der Waals surface area contributed by atoms with E-state index < -0.39 is 5.60 Å². The van der Waals surface area contributed by atoms with E-state index in [-0.39, 0.29) is 16.7 Å². The number of nitrogens with zero attached hydrogens (tertiary/aromatic N) is 4. The molecule has 7 heteroatoms. The molecule has 7 nitrogen and oxygen atoms in total. The van der Waals surface area contributed by atoms with Crippen molar-refractivity contribution >= 4 is 5.78 Å². The number of hydrogen-bond donors (Lipinski definition) is 1. The lowest BCUT2D eigenvalue weighted by Crippen LogP contribution is -2.58. The molecule has 0 unspecified atom stereocenters. The molecule has 1 aromatic heterocycles. The van der Waals surface area contributed by atoms with Gasteiger partial charge in [-0.05, 0) is 117 Å². The van der Waals surface area contributed by atoms with Crippen LogP contribution in [0.5, 0.6) is 0 Å². The Morgan fingerprint density at radius 1 is 1.12 bits per heavy atom. The van der Waals surface area contributed by atoms with Crippen LogP contribution in [0.15, 0.2) is 0 Å². The molecule has 4 aliphatic carbocycles. The molecule has 5 rings (SSSR count). The normalized spacial score (nSPS) is 45.7. The van der Waals surface area contributed by atoms with E-state index >= 15 is 0 Å². The average molecular weight is 445 g/mol. The molecule has 0 saturated heterocycles. The number of carbonyl (C=O) groups is 1. The van der Waals surface area contributed by atoms with Crippen molar-refractivity contribution in [3.63, 3.8) is 0 Å². The summed E-state index contributed by atoms with van der Waals surface area (Å²) in [5, 5.41) is 22.5. The van der Waals surface area contributed by atoms with Crippen molar-refractivity contribution in [2.24, 2.45) is 40.4 Å². The summed E-state index contributed by atoms with van der Waals surface area (Å²) in [6.07, 6.45) is 9.77. The zero-order valence-electron chi connectivity index (χ0n) is 20.2. The van der Waals surface area contributed by atoms with Gasteiger partial charge in [0.1, 0.15) is 12.4 Å². The lowest BCUT2D eigenvalue weighted by atomic mass is 9.43. The zero-order valence-corrected chi connectivity index (χ0v) is 20.2. The maximum atomic E-state index is 13.4. The minimum atomic E-state index is -0.531. The number of methoxy groups -OCH3 is 1. The van der Waals surface area contributed by atoms with Crippen molar-refractivity contribution in [3.8, 4) is 0 Å². The molecule has 0 aliphatic heterocycles. The number of aliphatic hydroxyl groups is 1. The minimum absolute atomic E-state index is 0.0847. The number of tetrazole rings is 1. The molecule has 178 valence electrons. The van der Waals surface area contributed by atoms with Crippen LogP contribution in [0.1, 0.15) is 77.5 Å². The molecule has 1 heterocycles. The molecule has 1 N–H and O–H groups in total. The topological polar surface area (TPSA) is 90.1 Å². The maximum absolute atomic E-state index is 13.4. The van der Waals surface area contributed by atoms with Gasteiger partial charge in [0.25, 0.3) is 0 Å². The maximum Gasteiger partial charge on any atom is 0.158 e. The van der Waals surface area contributed by atoms with Gasteiger partial charge >= 0.3 is 0 Å². The van der Waals surface area contributed by atoms with Crippen LogP contribution in [0.2, 0.25) is 0 Å². The Labute approximate surface area is 191 Å². The van der Waals surface area contributed by atoms with Gasteiger partial charge in [-0.1, -0.05) is 6.92 Å². The Hall–Kier alpha value is -1.34. The molecule has 32 heavy (non-hydrogen) atoms. The number of ketones is 1. The number of fused-ring (bicyclic) bond motifs is 5. The van der Waals surface area contributed by atoms with E-state index in [1.807, 2.05) is 21.0 Å². The van der Waals surface area contributed by atoms with E-state index in [0.29, 0.717) is 41.8 Å². The van der Waals surface area contributed by atoms with Crippen LogP contribution in [0.25, 0.3) is 0 Å². The predicted octanol–water partition coefficient (Wildman–Crippen LogP) is 3.59. The fourth-order valence-electron chi connectivity index (χ4n) is 8.97. The molecule has 1 aromatic rings. The summed E-state index contributed by atoms with van der Waals surface area (Å²) < 4.78 is 7.52. The third-order valence-electron chi connectivity index (χ3n) is 10.5. The highest BCUT2D eigenvalue weighted by atomic mass is 16.5. The number of rotatable bonds is 5. The number of Topliss-reactive ketones (excluding diaryl/α,β-unsaturated/α-hetero) is 1. The van der Waals surface area contributed by atoms with Crippen LogP contribution in [-0.2, 0) is 16.1 Å². The van der Waals surface area contributed by atoms with E-state index in [4.69, 9.17) is 4.74 Å². The molecule has 0 spiro atoms. The van der Waals surface area contributed by atoms with Gasteiger partial charge in [0, 0.05) is 13.0 Å². The van der Waals surface area contributed by atoms with Crippen molar-refractivity contribution in [1.29, 1.82) is 0 Å². The first-order valence-corrected chi connectivity index (χ1v) is 12.7.